The van der Waals surface area contributed by atoms with Crippen LogP contribution in [0.2, 0.25) is 0 Å². The molecule has 0 saturated heterocycles. The number of hydrogen-bond donors (Lipinski definition) is 3. The highest BCUT2D eigenvalue weighted by Crippen LogP contribution is 2.11. The van der Waals surface area contributed by atoms with Crippen molar-refractivity contribution in [2.75, 3.05) is 0 Å². The molecule has 12 heavy (non-hydrogen) atoms. The van der Waals surface area contributed by atoms with Gasteiger partial charge in [-0.1, -0.05) is 52.4 Å². The summed E-state index contributed by atoms with van der Waals surface area (Å²) in [6.07, 6.45) is 8.49. The molecule has 0 aliphatic carbocycles. The van der Waals surface area contributed by atoms with E-state index in [4.69, 9.17) is 14.7 Å². The Hall–Kier alpha value is 0.310. The largest absolute Gasteiger partial charge is 0.328 e. The molecule has 0 saturated carbocycles. The minimum atomic E-state index is -2.62. The third-order valence-corrected chi connectivity index (χ3v) is 1.46. The van der Waals surface area contributed by atoms with Gasteiger partial charge >= 0.3 is 8.60 Å². The molecule has 0 radical (unpaired) electrons. The second-order valence-corrected chi connectivity index (χ2v) is 3.22. The Morgan fingerprint density at radius 1 is 0.750 bits per heavy atom. The van der Waals surface area contributed by atoms with Crippen LogP contribution < -0.4 is 0 Å². The van der Waals surface area contributed by atoms with Gasteiger partial charge in [0.1, 0.15) is 0 Å². The third kappa shape index (κ3) is 31.7. The van der Waals surface area contributed by atoms with Gasteiger partial charge < -0.3 is 14.7 Å². The Morgan fingerprint density at radius 3 is 1.17 bits per heavy atom. The van der Waals surface area contributed by atoms with Gasteiger partial charge in [-0.15, -0.1) is 0 Å². The maximum atomic E-state index is 7.23. The second-order valence-electron chi connectivity index (χ2n) is 2.68. The predicted molar refractivity (Wildman–Crippen MR) is 52.6 cm³/mol. The molecule has 0 aromatic carbocycles. The Kier molecular flexibility index (Phi) is 17.1. The summed E-state index contributed by atoms with van der Waals surface area (Å²) in [7, 11) is -2.62. The summed E-state index contributed by atoms with van der Waals surface area (Å²) >= 11 is 0. The second kappa shape index (κ2) is 13.9. The summed E-state index contributed by atoms with van der Waals surface area (Å²) < 4.78 is 0. The molecule has 0 aromatic rings. The van der Waals surface area contributed by atoms with E-state index in [-0.39, 0.29) is 0 Å². The molecule has 0 fully saturated rings. The molecule has 0 heterocycles. The zero-order valence-electron chi connectivity index (χ0n) is 8.03. The van der Waals surface area contributed by atoms with Crippen molar-refractivity contribution in [2.24, 2.45) is 0 Å². The van der Waals surface area contributed by atoms with Crippen molar-refractivity contribution >= 4 is 8.60 Å². The highest BCUT2D eigenvalue weighted by atomic mass is 31.2. The molecule has 4 heteroatoms. The monoisotopic (exact) mass is 196 g/mol. The van der Waals surface area contributed by atoms with Crippen molar-refractivity contribution in [1.29, 1.82) is 0 Å². The molecule has 0 atom stereocenters. The normalized spacial score (nSPS) is 9.50. The highest BCUT2D eigenvalue weighted by molar-refractivity contribution is 7.38. The van der Waals surface area contributed by atoms with Crippen LogP contribution >= 0.6 is 8.60 Å². The van der Waals surface area contributed by atoms with Gasteiger partial charge in [0, 0.05) is 0 Å². The standard InChI is InChI=1S/C8H18.H3O3P/c1-3-5-7-8-6-4-2;1-4(2)3/h3-8H2,1-2H3;1-3H. The van der Waals surface area contributed by atoms with E-state index in [1.54, 1.807) is 0 Å². The Balaban J connectivity index is 0. The fourth-order valence-electron chi connectivity index (χ4n) is 0.854. The van der Waals surface area contributed by atoms with E-state index in [9.17, 15) is 0 Å². The Bertz CT molecular complexity index is 60.6. The number of unbranched alkanes of at least 4 members (excludes halogenated alkanes) is 5. The van der Waals surface area contributed by atoms with Crippen molar-refractivity contribution in [3.05, 3.63) is 0 Å². The smallest absolute Gasteiger partial charge is 0.324 e. The zero-order chi connectivity index (χ0) is 9.82. The van der Waals surface area contributed by atoms with Crippen LogP contribution in [0.15, 0.2) is 0 Å². The van der Waals surface area contributed by atoms with Crippen LogP contribution in [0.5, 0.6) is 0 Å². The maximum absolute atomic E-state index is 7.23. The fourth-order valence-corrected chi connectivity index (χ4v) is 0.854. The predicted octanol–water partition coefficient (Wildman–Crippen LogP) is 2.56. The van der Waals surface area contributed by atoms with E-state index < -0.39 is 8.60 Å². The summed E-state index contributed by atoms with van der Waals surface area (Å²) in [4.78, 5) is 21.7. The van der Waals surface area contributed by atoms with E-state index in [1.807, 2.05) is 0 Å². The van der Waals surface area contributed by atoms with Gasteiger partial charge in [-0.2, -0.15) is 0 Å². The summed E-state index contributed by atoms with van der Waals surface area (Å²) in [5.41, 5.74) is 0. The van der Waals surface area contributed by atoms with Gasteiger partial charge in [0.05, 0.1) is 0 Å². The quantitative estimate of drug-likeness (QED) is 0.467. The van der Waals surface area contributed by atoms with Crippen LogP contribution in [-0.4, -0.2) is 14.7 Å². The minimum absolute atomic E-state index is 1.36. The van der Waals surface area contributed by atoms with E-state index >= 15 is 0 Å². The van der Waals surface area contributed by atoms with E-state index in [2.05, 4.69) is 13.8 Å². The molecule has 0 spiro atoms. The van der Waals surface area contributed by atoms with Gasteiger partial charge in [-0.25, -0.2) is 0 Å². The van der Waals surface area contributed by atoms with Gasteiger partial charge in [-0.05, 0) is 0 Å². The average Bonchev–Trinajstić information content (AvgIpc) is 1.97. The van der Waals surface area contributed by atoms with Crippen LogP contribution in [0.1, 0.15) is 52.4 Å². The molecule has 0 rings (SSSR count). The molecule has 3 N–H and O–H groups in total. The summed E-state index contributed by atoms with van der Waals surface area (Å²) in [5, 5.41) is 0. The molecule has 0 aromatic heterocycles. The first-order valence-corrected chi connectivity index (χ1v) is 5.71. The van der Waals surface area contributed by atoms with Crippen molar-refractivity contribution in [3.8, 4) is 0 Å². The van der Waals surface area contributed by atoms with Crippen molar-refractivity contribution in [3.63, 3.8) is 0 Å². The first-order valence-electron chi connectivity index (χ1n) is 4.51. The third-order valence-electron chi connectivity index (χ3n) is 1.46. The molecule has 0 amide bonds. The lowest BCUT2D eigenvalue weighted by atomic mass is 10.1. The SMILES string of the molecule is CCCCCCCC.OP(O)O. The fraction of sp³-hybridized carbons (Fsp3) is 1.00. The number of rotatable bonds is 5. The Morgan fingerprint density at radius 2 is 1.00 bits per heavy atom. The van der Waals surface area contributed by atoms with Gasteiger partial charge in [-0.3, -0.25) is 0 Å². The first kappa shape index (κ1) is 14.8. The van der Waals surface area contributed by atoms with Crippen LogP contribution in [-0.2, 0) is 0 Å². The molecular formula is C8H21O3P. The summed E-state index contributed by atoms with van der Waals surface area (Å²) in [5.74, 6) is 0. The lowest BCUT2D eigenvalue weighted by Gasteiger charge is -1.93. The highest BCUT2D eigenvalue weighted by Gasteiger charge is 1.83. The summed E-state index contributed by atoms with van der Waals surface area (Å²) in [6.45, 7) is 4.51. The van der Waals surface area contributed by atoms with Crippen LogP contribution in [0, 0.1) is 0 Å². The number of hydrogen-bond acceptors (Lipinski definition) is 3. The van der Waals surface area contributed by atoms with E-state index in [1.165, 1.54) is 38.5 Å². The Labute approximate surface area is 76.4 Å². The molecule has 0 unspecified atom stereocenters. The van der Waals surface area contributed by atoms with Crippen molar-refractivity contribution < 1.29 is 14.7 Å². The van der Waals surface area contributed by atoms with E-state index in [0.29, 0.717) is 0 Å². The minimum Gasteiger partial charge on any atom is -0.328 e. The van der Waals surface area contributed by atoms with Gasteiger partial charge in [0.2, 0.25) is 0 Å². The van der Waals surface area contributed by atoms with Crippen LogP contribution in [0.3, 0.4) is 0 Å². The zero-order valence-corrected chi connectivity index (χ0v) is 8.93. The maximum Gasteiger partial charge on any atom is 0.324 e. The molecule has 0 aliphatic rings. The molecule has 3 nitrogen and oxygen atoms in total. The van der Waals surface area contributed by atoms with Crippen LogP contribution in [0.25, 0.3) is 0 Å². The molecule has 0 bridgehead atoms. The molecular weight excluding hydrogens is 175 g/mol. The average molecular weight is 196 g/mol. The summed E-state index contributed by atoms with van der Waals surface area (Å²) in [6, 6.07) is 0. The lowest BCUT2D eigenvalue weighted by Crippen LogP contribution is -1.73. The van der Waals surface area contributed by atoms with E-state index in [0.717, 1.165) is 0 Å². The van der Waals surface area contributed by atoms with Crippen LogP contribution in [0.4, 0.5) is 0 Å². The topological polar surface area (TPSA) is 60.7 Å². The molecule has 0 aliphatic heterocycles. The van der Waals surface area contributed by atoms with Gasteiger partial charge in [0.25, 0.3) is 0 Å². The van der Waals surface area contributed by atoms with Crippen molar-refractivity contribution in [2.45, 2.75) is 52.4 Å². The van der Waals surface area contributed by atoms with Crippen molar-refractivity contribution in [1.82, 2.24) is 0 Å². The van der Waals surface area contributed by atoms with Gasteiger partial charge in [0.15, 0.2) is 0 Å². The lowest BCUT2D eigenvalue weighted by molar-refractivity contribution is 0.368. The first-order chi connectivity index (χ1) is 5.65. The molecule has 76 valence electrons.